The molecule has 0 saturated carbocycles. The molecular formula is C19H20N2O4. The largest absolute Gasteiger partial charge is 0.493 e. The third-order valence-corrected chi connectivity index (χ3v) is 5.38. The van der Waals surface area contributed by atoms with Crippen molar-refractivity contribution >= 4 is 5.69 Å². The molecule has 6 heteroatoms. The summed E-state index contributed by atoms with van der Waals surface area (Å²) in [6.45, 7) is 0.981. The molecule has 2 aliphatic rings. The van der Waals surface area contributed by atoms with Crippen molar-refractivity contribution in [2.24, 2.45) is 0 Å². The molecule has 0 spiro atoms. The maximum atomic E-state index is 11.3. The van der Waals surface area contributed by atoms with Crippen molar-refractivity contribution in [3.63, 3.8) is 0 Å². The van der Waals surface area contributed by atoms with Gasteiger partial charge in [-0.15, -0.1) is 0 Å². The van der Waals surface area contributed by atoms with E-state index in [2.05, 4.69) is 18.0 Å². The van der Waals surface area contributed by atoms with E-state index in [1.54, 1.807) is 26.4 Å². The fourth-order valence-corrected chi connectivity index (χ4v) is 4.14. The van der Waals surface area contributed by atoms with E-state index >= 15 is 0 Å². The lowest BCUT2D eigenvalue weighted by Crippen LogP contribution is -2.35. The molecule has 2 aromatic rings. The van der Waals surface area contributed by atoms with Gasteiger partial charge in [0.1, 0.15) is 0 Å². The second-order valence-corrected chi connectivity index (χ2v) is 6.61. The number of fused-ring (bicyclic) bond motifs is 2. The number of nitro groups is 1. The van der Waals surface area contributed by atoms with E-state index in [-0.39, 0.29) is 16.7 Å². The van der Waals surface area contributed by atoms with Crippen LogP contribution in [0.25, 0.3) is 11.1 Å². The van der Waals surface area contributed by atoms with Crippen LogP contribution in [0.15, 0.2) is 24.3 Å². The molecule has 0 fully saturated rings. The molecule has 6 nitrogen and oxygen atoms in total. The molecule has 0 bridgehead atoms. The Morgan fingerprint density at radius 1 is 1.20 bits per heavy atom. The molecule has 4 rings (SSSR count). The second-order valence-electron chi connectivity index (χ2n) is 6.61. The molecule has 1 aliphatic heterocycles. The van der Waals surface area contributed by atoms with E-state index in [4.69, 9.17) is 9.47 Å². The quantitative estimate of drug-likeness (QED) is 0.633. The van der Waals surface area contributed by atoms with E-state index in [1.165, 1.54) is 11.1 Å². The highest BCUT2D eigenvalue weighted by molar-refractivity contribution is 5.84. The highest BCUT2D eigenvalue weighted by Gasteiger charge is 2.36. The molecule has 1 unspecified atom stereocenters. The first-order chi connectivity index (χ1) is 12.0. The van der Waals surface area contributed by atoms with Gasteiger partial charge in [-0.3, -0.25) is 15.0 Å². The molecule has 1 heterocycles. The number of ether oxygens (including phenoxy) is 2. The van der Waals surface area contributed by atoms with Crippen LogP contribution in [0.5, 0.6) is 11.5 Å². The third-order valence-electron chi connectivity index (χ3n) is 5.38. The van der Waals surface area contributed by atoms with Crippen LogP contribution < -0.4 is 9.47 Å². The molecule has 1 atom stereocenters. The van der Waals surface area contributed by atoms with Crippen molar-refractivity contribution in [3.8, 4) is 22.6 Å². The number of hydrogen-bond donors (Lipinski definition) is 0. The Morgan fingerprint density at radius 2 is 2.00 bits per heavy atom. The van der Waals surface area contributed by atoms with Crippen molar-refractivity contribution in [3.05, 3.63) is 51.1 Å². The first kappa shape index (κ1) is 15.9. The number of non-ortho nitro benzene ring substituents is 1. The van der Waals surface area contributed by atoms with Crippen molar-refractivity contribution in [2.45, 2.75) is 18.9 Å². The molecule has 0 saturated heterocycles. The molecule has 130 valence electrons. The van der Waals surface area contributed by atoms with Crippen molar-refractivity contribution in [1.29, 1.82) is 0 Å². The highest BCUT2D eigenvalue weighted by Crippen LogP contribution is 2.52. The van der Waals surface area contributed by atoms with Crippen LogP contribution in [-0.2, 0) is 12.8 Å². The van der Waals surface area contributed by atoms with Crippen LogP contribution in [0.4, 0.5) is 5.69 Å². The highest BCUT2D eigenvalue weighted by atomic mass is 16.6. The summed E-state index contributed by atoms with van der Waals surface area (Å²) in [7, 11) is 5.37. The minimum atomic E-state index is -0.350. The zero-order valence-electron chi connectivity index (χ0n) is 14.5. The summed E-state index contributed by atoms with van der Waals surface area (Å²) >= 11 is 0. The van der Waals surface area contributed by atoms with E-state index in [1.807, 2.05) is 6.07 Å². The van der Waals surface area contributed by atoms with Gasteiger partial charge in [0, 0.05) is 30.3 Å². The molecule has 0 radical (unpaired) electrons. The Morgan fingerprint density at radius 3 is 2.68 bits per heavy atom. The van der Waals surface area contributed by atoms with Crippen LogP contribution >= 0.6 is 0 Å². The molecule has 25 heavy (non-hydrogen) atoms. The van der Waals surface area contributed by atoms with E-state index in [0.29, 0.717) is 11.5 Å². The lowest BCUT2D eigenvalue weighted by Gasteiger charge is -2.40. The van der Waals surface area contributed by atoms with Crippen LogP contribution in [0.2, 0.25) is 0 Å². The van der Waals surface area contributed by atoms with Gasteiger partial charge in [-0.05, 0) is 48.2 Å². The van der Waals surface area contributed by atoms with Crippen LogP contribution in [0, 0.1) is 10.1 Å². The normalized spacial score (nSPS) is 18.3. The van der Waals surface area contributed by atoms with Gasteiger partial charge in [0.25, 0.3) is 5.69 Å². The zero-order chi connectivity index (χ0) is 17.7. The van der Waals surface area contributed by atoms with E-state index in [9.17, 15) is 10.1 Å². The summed E-state index contributed by atoms with van der Waals surface area (Å²) in [4.78, 5) is 13.3. The fourth-order valence-electron chi connectivity index (χ4n) is 4.14. The first-order valence-corrected chi connectivity index (χ1v) is 8.30. The number of hydrogen-bond acceptors (Lipinski definition) is 5. The first-order valence-electron chi connectivity index (χ1n) is 8.30. The van der Waals surface area contributed by atoms with Crippen molar-refractivity contribution in [1.82, 2.24) is 4.90 Å². The van der Waals surface area contributed by atoms with Gasteiger partial charge >= 0.3 is 0 Å². The van der Waals surface area contributed by atoms with Crippen LogP contribution in [0.3, 0.4) is 0 Å². The van der Waals surface area contributed by atoms with Gasteiger partial charge in [-0.25, -0.2) is 0 Å². The van der Waals surface area contributed by atoms with Gasteiger partial charge in [0.05, 0.1) is 19.1 Å². The monoisotopic (exact) mass is 340 g/mol. The van der Waals surface area contributed by atoms with E-state index < -0.39 is 0 Å². The summed E-state index contributed by atoms with van der Waals surface area (Å²) in [5, 5.41) is 11.3. The van der Waals surface area contributed by atoms with Crippen LogP contribution in [-0.4, -0.2) is 37.6 Å². The van der Waals surface area contributed by atoms with Crippen LogP contribution in [0.1, 0.15) is 22.7 Å². The minimum Gasteiger partial charge on any atom is -0.493 e. The number of nitro benzene ring substituents is 1. The summed E-state index contributed by atoms with van der Waals surface area (Å²) in [5.41, 5.74) is 5.49. The molecular weight excluding hydrogens is 320 g/mol. The fraction of sp³-hybridized carbons (Fsp3) is 0.368. The number of nitrogens with zero attached hydrogens (tertiary/aromatic N) is 2. The Labute approximate surface area is 146 Å². The number of benzene rings is 2. The lowest BCUT2D eigenvalue weighted by atomic mass is 9.76. The smallest absolute Gasteiger partial charge is 0.270 e. The number of likely N-dealkylation sites (N-methyl/N-ethyl adjacent to an activating group) is 1. The SMILES string of the molecule is COc1cc2c3c(c1OC)-c1cc([N+](=O)[O-])ccc1CC3N(C)CC2. The molecule has 2 aromatic carbocycles. The minimum absolute atomic E-state index is 0.0972. The predicted molar refractivity (Wildman–Crippen MR) is 94.4 cm³/mol. The molecule has 0 N–H and O–H groups in total. The lowest BCUT2D eigenvalue weighted by molar-refractivity contribution is -0.384. The standard InChI is InChI=1S/C19H20N2O4/c1-20-7-6-12-9-16(24-2)19(25-3)18-14-10-13(21(22)23)5-4-11(14)8-15(20)17(12)18/h4-5,9-10,15H,6-8H2,1-3H3. The molecule has 1 aliphatic carbocycles. The maximum Gasteiger partial charge on any atom is 0.270 e. The van der Waals surface area contributed by atoms with Gasteiger partial charge in [-0.2, -0.15) is 0 Å². The van der Waals surface area contributed by atoms with Gasteiger partial charge in [0.15, 0.2) is 11.5 Å². The van der Waals surface area contributed by atoms with E-state index in [0.717, 1.165) is 36.1 Å². The second kappa shape index (κ2) is 5.74. The summed E-state index contributed by atoms with van der Waals surface area (Å²) in [6, 6.07) is 7.43. The van der Waals surface area contributed by atoms with Gasteiger partial charge in [-0.1, -0.05) is 6.07 Å². The van der Waals surface area contributed by atoms with Gasteiger partial charge in [0.2, 0.25) is 0 Å². The predicted octanol–water partition coefficient (Wildman–Crippen LogP) is 3.36. The summed E-state index contributed by atoms with van der Waals surface area (Å²) in [6.07, 6.45) is 1.78. The maximum absolute atomic E-state index is 11.3. The Balaban J connectivity index is 2.07. The molecule has 0 aromatic heterocycles. The van der Waals surface area contributed by atoms with Gasteiger partial charge < -0.3 is 9.47 Å². The summed E-state index contributed by atoms with van der Waals surface area (Å²) < 4.78 is 11.2. The van der Waals surface area contributed by atoms with Crippen molar-refractivity contribution in [2.75, 3.05) is 27.8 Å². The average Bonchev–Trinajstić information content (AvgIpc) is 2.63. The molecule has 0 amide bonds. The number of rotatable bonds is 3. The Bertz CT molecular complexity index is 878. The topological polar surface area (TPSA) is 64.8 Å². The average molecular weight is 340 g/mol. The Hall–Kier alpha value is -2.60. The number of methoxy groups -OCH3 is 2. The zero-order valence-corrected chi connectivity index (χ0v) is 14.5. The summed E-state index contributed by atoms with van der Waals surface area (Å²) in [5.74, 6) is 1.34. The Kier molecular flexibility index (Phi) is 3.65. The van der Waals surface area contributed by atoms with Crippen molar-refractivity contribution < 1.29 is 14.4 Å². The third kappa shape index (κ3) is 2.28.